The van der Waals surface area contributed by atoms with Gasteiger partial charge in [-0.1, -0.05) is 68.1 Å². The molecule has 5 aromatic carbocycles. The van der Waals surface area contributed by atoms with Crippen LogP contribution in [0.3, 0.4) is 0 Å². The quantitative estimate of drug-likeness (QED) is 0.130. The molecule has 0 bridgehead atoms. The van der Waals surface area contributed by atoms with Gasteiger partial charge in [0.2, 0.25) is 0 Å². The number of hydrogen-bond donors (Lipinski definition) is 0. The lowest BCUT2D eigenvalue weighted by Crippen LogP contribution is -2.09. The van der Waals surface area contributed by atoms with Crippen molar-refractivity contribution < 1.29 is 0 Å². The third-order valence-corrected chi connectivity index (χ3v) is 12.9. The molecule has 228 valence electrons. The molecule has 0 N–H and O–H groups in total. The van der Waals surface area contributed by atoms with Crippen LogP contribution in [0.2, 0.25) is 0 Å². The molecule has 1 atom stereocenters. The summed E-state index contributed by atoms with van der Waals surface area (Å²) < 4.78 is 3.03. The van der Waals surface area contributed by atoms with Crippen molar-refractivity contribution >= 4 is 81.7 Å². The van der Waals surface area contributed by atoms with Crippen molar-refractivity contribution in [3.8, 4) is 0 Å². The molecule has 6 heteroatoms. The van der Waals surface area contributed by atoms with E-state index in [4.69, 9.17) is 0 Å². The Labute approximate surface area is 284 Å². The summed E-state index contributed by atoms with van der Waals surface area (Å²) in [5.74, 6) is 0. The van der Waals surface area contributed by atoms with Gasteiger partial charge in [-0.25, -0.2) is 0 Å². The molecule has 2 nitrogen and oxygen atoms in total. The summed E-state index contributed by atoms with van der Waals surface area (Å²) in [5, 5.41) is 2.31. The van der Waals surface area contributed by atoms with Crippen molar-refractivity contribution in [1.82, 2.24) is 0 Å². The minimum absolute atomic E-state index is 0.0875. The summed E-state index contributed by atoms with van der Waals surface area (Å²) in [7, 11) is -0.386. The average Bonchev–Trinajstić information content (AvgIpc) is 3.09. The zero-order chi connectivity index (χ0) is 32.2. The average molecular weight is 674 g/mol. The van der Waals surface area contributed by atoms with Gasteiger partial charge in [-0.15, -0.1) is 22.7 Å². The topological polar surface area (TPSA) is 34.1 Å². The van der Waals surface area contributed by atoms with Crippen molar-refractivity contribution in [3.63, 3.8) is 0 Å². The zero-order valence-corrected chi connectivity index (χ0v) is 29.3. The normalized spacial score (nSPS) is 12.0. The van der Waals surface area contributed by atoms with E-state index in [0.717, 1.165) is 55.4 Å². The van der Waals surface area contributed by atoms with Crippen LogP contribution >= 0.6 is 34.4 Å². The molecular weight excluding hydrogens is 641 g/mol. The minimum atomic E-state index is -0.386. The van der Waals surface area contributed by atoms with Crippen LogP contribution in [0.15, 0.2) is 155 Å². The summed E-state index contributed by atoms with van der Waals surface area (Å²) in [5.41, 5.74) is 0.948. The molecular formula is C40H33O2S4+. The van der Waals surface area contributed by atoms with Crippen LogP contribution < -0.4 is 10.9 Å². The Morgan fingerprint density at radius 3 is 1.93 bits per heavy atom. The molecule has 0 amide bonds. The molecule has 0 aliphatic heterocycles. The zero-order valence-electron chi connectivity index (χ0n) is 26.1. The second-order valence-electron chi connectivity index (χ2n) is 10.3. The van der Waals surface area contributed by atoms with E-state index in [0.29, 0.717) is 0 Å². The molecule has 2 aromatic heterocycles. The molecule has 7 aromatic rings. The van der Waals surface area contributed by atoms with E-state index in [2.05, 4.69) is 78.9 Å². The van der Waals surface area contributed by atoms with E-state index < -0.39 is 0 Å². The SMILES string of the molecule is C/C=C\c1c(C)sc2ccc([S+](c3ccccc3)c3ccc(Sc4ccc5sc6ccccc6c(=O)c5c4)cc3)cc2c1=O.CC. The summed E-state index contributed by atoms with van der Waals surface area (Å²) in [4.78, 5) is 33.4. The Kier molecular flexibility index (Phi) is 9.90. The van der Waals surface area contributed by atoms with Crippen molar-refractivity contribution in [2.45, 2.75) is 52.2 Å². The first kappa shape index (κ1) is 32.0. The number of fused-ring (bicyclic) bond motifs is 3. The van der Waals surface area contributed by atoms with Crippen molar-refractivity contribution in [1.29, 1.82) is 0 Å². The van der Waals surface area contributed by atoms with Crippen LogP contribution in [0.1, 0.15) is 31.2 Å². The Morgan fingerprint density at radius 2 is 1.17 bits per heavy atom. The fourth-order valence-electron chi connectivity index (χ4n) is 5.38. The number of allylic oxidation sites excluding steroid dienone is 1. The summed E-state index contributed by atoms with van der Waals surface area (Å²) >= 11 is 4.99. The second kappa shape index (κ2) is 14.2. The Balaban J connectivity index is 0.00000182. The van der Waals surface area contributed by atoms with Crippen LogP contribution in [0.4, 0.5) is 0 Å². The van der Waals surface area contributed by atoms with Crippen molar-refractivity contribution in [2.24, 2.45) is 0 Å². The third-order valence-electron chi connectivity index (χ3n) is 7.47. The smallest absolute Gasteiger partial charge is 0.195 e. The molecule has 0 aliphatic rings. The van der Waals surface area contributed by atoms with E-state index in [9.17, 15) is 9.59 Å². The van der Waals surface area contributed by atoms with Gasteiger partial charge in [0.05, 0.1) is 10.9 Å². The largest absolute Gasteiger partial charge is 0.289 e. The highest BCUT2D eigenvalue weighted by atomic mass is 32.2. The van der Waals surface area contributed by atoms with Crippen LogP contribution in [0, 0.1) is 6.92 Å². The van der Waals surface area contributed by atoms with E-state index in [-0.39, 0.29) is 21.8 Å². The molecule has 0 saturated carbocycles. The van der Waals surface area contributed by atoms with Gasteiger partial charge in [0.15, 0.2) is 25.5 Å². The molecule has 1 unspecified atom stereocenters. The highest BCUT2D eigenvalue weighted by Gasteiger charge is 2.29. The number of hydrogen-bond acceptors (Lipinski definition) is 5. The molecule has 0 fully saturated rings. The molecule has 46 heavy (non-hydrogen) atoms. The fraction of sp³-hybridized carbons (Fsp3) is 0.100. The van der Waals surface area contributed by atoms with Gasteiger partial charge in [0, 0.05) is 56.6 Å². The lowest BCUT2D eigenvalue weighted by Gasteiger charge is -2.10. The first-order chi connectivity index (χ1) is 22.5. The van der Waals surface area contributed by atoms with E-state index in [1.165, 1.54) is 9.79 Å². The van der Waals surface area contributed by atoms with E-state index in [1.807, 2.05) is 76.2 Å². The van der Waals surface area contributed by atoms with Gasteiger partial charge in [-0.3, -0.25) is 9.59 Å². The molecule has 0 aliphatic carbocycles. The molecule has 0 radical (unpaired) electrons. The highest BCUT2D eigenvalue weighted by molar-refractivity contribution is 7.99. The van der Waals surface area contributed by atoms with Crippen LogP contribution in [0.5, 0.6) is 0 Å². The predicted molar refractivity (Wildman–Crippen MR) is 204 cm³/mol. The van der Waals surface area contributed by atoms with Crippen molar-refractivity contribution in [3.05, 3.63) is 152 Å². The summed E-state index contributed by atoms with van der Waals surface area (Å²) in [6.07, 6.45) is 3.85. The second-order valence-corrected chi connectivity index (χ2v) is 15.9. The first-order valence-electron chi connectivity index (χ1n) is 15.2. The maximum atomic E-state index is 13.5. The van der Waals surface area contributed by atoms with Gasteiger partial charge in [-0.2, -0.15) is 0 Å². The molecule has 2 heterocycles. The molecule has 0 saturated heterocycles. The van der Waals surface area contributed by atoms with E-state index >= 15 is 0 Å². The fourth-order valence-corrected chi connectivity index (χ4v) is 10.4. The lowest BCUT2D eigenvalue weighted by atomic mass is 10.1. The Bertz CT molecular complexity index is 2320. The minimum Gasteiger partial charge on any atom is -0.289 e. The van der Waals surface area contributed by atoms with E-state index in [1.54, 1.807) is 34.4 Å². The lowest BCUT2D eigenvalue weighted by molar-refractivity contribution is 1.29. The van der Waals surface area contributed by atoms with Gasteiger partial charge in [0.1, 0.15) is 0 Å². The Hall–Kier alpha value is -3.94. The summed E-state index contributed by atoms with van der Waals surface area (Å²) in [6, 6.07) is 39.6. The van der Waals surface area contributed by atoms with Crippen molar-refractivity contribution in [2.75, 3.05) is 0 Å². The van der Waals surface area contributed by atoms with Gasteiger partial charge in [0.25, 0.3) is 0 Å². The van der Waals surface area contributed by atoms with Gasteiger partial charge in [-0.05, 0) is 92.7 Å². The maximum Gasteiger partial charge on any atom is 0.195 e. The van der Waals surface area contributed by atoms with Crippen LogP contribution in [0.25, 0.3) is 36.3 Å². The van der Waals surface area contributed by atoms with Crippen LogP contribution in [-0.2, 0) is 10.9 Å². The number of benzene rings is 5. The predicted octanol–water partition coefficient (Wildman–Crippen LogP) is 11.6. The standard InChI is InChI=1S/C38H27O2S4.C2H6/c1-3-9-30-24(2)41-35-21-19-29(23-33(35)37(30)39)44(27-10-5-4-6-11-27)28-17-14-25(15-18-28)42-26-16-20-36-32(22-26)38(40)31-12-7-8-13-34(31)43-36;1-2/h3-23H,1-2H3;1-2H3/q+1;/b9-3-;. The van der Waals surface area contributed by atoms with Gasteiger partial charge >= 0.3 is 0 Å². The maximum absolute atomic E-state index is 13.5. The molecule has 0 spiro atoms. The van der Waals surface area contributed by atoms with Crippen LogP contribution in [-0.4, -0.2) is 0 Å². The molecule has 7 rings (SSSR count). The summed E-state index contributed by atoms with van der Waals surface area (Å²) in [6.45, 7) is 7.96. The monoisotopic (exact) mass is 673 g/mol. The first-order valence-corrected chi connectivity index (χ1v) is 18.9. The number of aryl methyl sites for hydroxylation is 1. The highest BCUT2D eigenvalue weighted by Crippen LogP contribution is 2.37. The number of rotatable bonds is 6. The third kappa shape index (κ3) is 6.36. The van der Waals surface area contributed by atoms with Gasteiger partial charge < -0.3 is 0 Å². The Morgan fingerprint density at radius 1 is 0.587 bits per heavy atom.